The van der Waals surface area contributed by atoms with Crippen LogP contribution >= 0.6 is 0 Å². The lowest BCUT2D eigenvalue weighted by Crippen LogP contribution is -2.39. The van der Waals surface area contributed by atoms with Gasteiger partial charge >= 0.3 is 23.4 Å². The van der Waals surface area contributed by atoms with Crippen molar-refractivity contribution in [2.24, 2.45) is 0 Å². The molecule has 0 saturated carbocycles. The maximum atomic E-state index is 11.8. The van der Waals surface area contributed by atoms with Gasteiger partial charge in [-0.25, -0.2) is 26.0 Å². The minimum Gasteiger partial charge on any atom is -0.421 e. The summed E-state index contributed by atoms with van der Waals surface area (Å²) in [5.74, 6) is 0. The van der Waals surface area contributed by atoms with E-state index in [-0.39, 0.29) is 7.43 Å². The number of hydrogen-bond donors (Lipinski definition) is 0. The second-order valence-corrected chi connectivity index (χ2v) is 8.33. The maximum absolute atomic E-state index is 11.8. The Kier molecular flexibility index (Phi) is 9.93. The van der Waals surface area contributed by atoms with Crippen LogP contribution in [0.4, 0.5) is 52.7 Å². The third kappa shape index (κ3) is 11.4. The van der Waals surface area contributed by atoms with E-state index in [4.69, 9.17) is 0 Å². The smallest absolute Gasteiger partial charge is 0.421 e. The molecule has 0 aliphatic carbocycles. The van der Waals surface area contributed by atoms with Crippen LogP contribution < -0.4 is 4.57 Å². The van der Waals surface area contributed by atoms with Gasteiger partial charge in [0.05, 0.1) is 0 Å². The highest BCUT2D eigenvalue weighted by molar-refractivity contribution is 8.13. The molecule has 0 unspecified atom stereocenters. The van der Waals surface area contributed by atoms with Crippen molar-refractivity contribution in [3.8, 4) is 0 Å². The van der Waals surface area contributed by atoms with E-state index in [1.54, 1.807) is 0 Å². The highest BCUT2D eigenvalue weighted by Crippen LogP contribution is 2.36. The van der Waals surface area contributed by atoms with Gasteiger partial charge in [0, 0.05) is 0 Å². The monoisotopic (exact) mass is 529 g/mol. The van der Waals surface area contributed by atoms with Crippen LogP contribution in [0, 0.1) is 0 Å². The van der Waals surface area contributed by atoms with Crippen molar-refractivity contribution in [3.05, 3.63) is 22.8 Å². The molecule has 1 aromatic heterocycles. The molecule has 31 heavy (non-hydrogen) atoms. The summed E-state index contributed by atoms with van der Waals surface area (Å²) in [5.41, 5.74) is -12.4. The van der Waals surface area contributed by atoms with Crippen LogP contribution in [0.2, 0.25) is 0 Å². The molecule has 0 amide bonds. The minimum absolute atomic E-state index is 0. The molecule has 186 valence electrons. The first-order valence-corrected chi connectivity index (χ1v) is 9.29. The van der Waals surface area contributed by atoms with Crippen LogP contribution in [-0.4, -0.2) is 44.8 Å². The van der Waals surface area contributed by atoms with Crippen LogP contribution in [0.5, 0.6) is 0 Å². The summed E-state index contributed by atoms with van der Waals surface area (Å²) < 4.78 is 181. The number of alkyl halides is 12. The van der Waals surface area contributed by atoms with Gasteiger partial charge in [-0.1, -0.05) is 7.43 Å². The molecule has 0 bridgehead atoms. The van der Waals surface area contributed by atoms with Crippen molar-refractivity contribution in [2.45, 2.75) is 43.9 Å². The van der Waals surface area contributed by atoms with Gasteiger partial charge in [0.2, 0.25) is 6.33 Å². The van der Waals surface area contributed by atoms with Crippen LogP contribution in [0.25, 0.3) is 4.13 Å². The molecule has 0 radical (unpaired) electrons. The number of imidazole rings is 1. The van der Waals surface area contributed by atoms with E-state index >= 15 is 0 Å². The fourth-order valence-corrected chi connectivity index (χ4v) is 2.96. The molecule has 0 fully saturated rings. The lowest BCUT2D eigenvalue weighted by Gasteiger charge is -2.22. The number of rotatable bonds is 4. The average Bonchev–Trinajstić information content (AvgIpc) is 2.77. The van der Waals surface area contributed by atoms with Crippen LogP contribution in [0.1, 0.15) is 7.43 Å². The predicted molar refractivity (Wildman–Crippen MR) is 76.8 cm³/mol. The van der Waals surface area contributed by atoms with Crippen LogP contribution in [-0.2, 0) is 33.1 Å². The van der Waals surface area contributed by atoms with E-state index in [2.05, 4.69) is 0 Å². The summed E-state index contributed by atoms with van der Waals surface area (Å²) in [7, 11) is -13.4. The van der Waals surface area contributed by atoms with Gasteiger partial charge in [-0.15, -0.1) is 0 Å². The van der Waals surface area contributed by atoms with Gasteiger partial charge in [-0.05, 0) is 0 Å². The molecule has 1 rings (SSSR count). The molecule has 0 aromatic carbocycles. The van der Waals surface area contributed by atoms with Crippen LogP contribution in [0.15, 0.2) is 18.7 Å². The highest BCUT2D eigenvalue weighted by atomic mass is 32.3. The topological polar surface area (TPSA) is 91.2 Å². The van der Waals surface area contributed by atoms with E-state index in [0.29, 0.717) is 9.13 Å². The molecule has 0 spiro atoms. The lowest BCUT2D eigenvalue weighted by molar-refractivity contribution is -0.718. The molecular formula is C10H11F12N3O4S2. The molecule has 1 heterocycles. The fourth-order valence-electron chi connectivity index (χ4n) is 1.25. The summed E-state index contributed by atoms with van der Waals surface area (Å²) in [5, 5.41) is 0. The molecule has 0 saturated heterocycles. The standard InChI is InChI=1S/C7H7F6N2.C2F6NO4S2.CH4/c8-6(9,10)3-14-1-2-15(5-14)4-7(11,12)13;3-1(4,5)14(10,11)9-15(12,13)2(6,7)8;/h1-2,5H,3-4H2;;1H4/q+1;-1;. The molecule has 7 nitrogen and oxygen atoms in total. The van der Waals surface area contributed by atoms with E-state index < -0.39 is 56.5 Å². The number of halogens is 12. The number of nitrogens with zero attached hydrogens (tertiary/aromatic N) is 3. The molecular weight excluding hydrogens is 518 g/mol. The SMILES string of the molecule is C.FC(F)(F)Cn1cc[n+](CC(F)(F)F)c1.O=S(=O)([N-]S(=O)(=O)C(F)(F)F)C(F)(F)F. The Morgan fingerprint density at radius 2 is 1.13 bits per heavy atom. The largest absolute Gasteiger partial charge is 0.480 e. The summed E-state index contributed by atoms with van der Waals surface area (Å²) in [4.78, 5) is 0. The third-order valence-corrected chi connectivity index (χ3v) is 4.99. The Hall–Kier alpha value is -1.77. The Bertz CT molecular complexity index is 838. The first-order chi connectivity index (χ1) is 12.9. The number of sulfonamides is 2. The molecule has 21 heteroatoms. The van der Waals surface area contributed by atoms with Crippen molar-refractivity contribution in [2.75, 3.05) is 0 Å². The Morgan fingerprint density at radius 3 is 1.42 bits per heavy atom. The predicted octanol–water partition coefficient (Wildman–Crippen LogP) is 3.60. The minimum atomic E-state index is -6.72. The van der Waals surface area contributed by atoms with E-state index in [1.807, 2.05) is 0 Å². The van der Waals surface area contributed by atoms with Gasteiger partial charge in [-0.2, -0.15) is 52.7 Å². The lowest BCUT2D eigenvalue weighted by atomic mass is 10.6. The van der Waals surface area contributed by atoms with E-state index in [1.165, 1.54) is 0 Å². The van der Waals surface area contributed by atoms with Crippen molar-refractivity contribution >= 4 is 20.0 Å². The Balaban J connectivity index is 0. The number of hydrogen-bond acceptors (Lipinski definition) is 4. The Morgan fingerprint density at radius 1 is 0.742 bits per heavy atom. The molecule has 0 aliphatic rings. The van der Waals surface area contributed by atoms with E-state index in [9.17, 15) is 69.5 Å². The number of aromatic nitrogens is 2. The maximum Gasteiger partial charge on any atom is 0.480 e. The summed E-state index contributed by atoms with van der Waals surface area (Å²) >= 11 is 0. The zero-order chi connectivity index (χ0) is 24.4. The van der Waals surface area contributed by atoms with Crippen molar-refractivity contribution in [1.82, 2.24) is 4.57 Å². The van der Waals surface area contributed by atoms with Gasteiger partial charge in [0.1, 0.15) is 12.4 Å². The first-order valence-electron chi connectivity index (χ1n) is 6.41. The fraction of sp³-hybridized carbons (Fsp3) is 0.700. The molecule has 1 aromatic rings. The summed E-state index contributed by atoms with van der Waals surface area (Å²) in [6.45, 7) is -2.59. The zero-order valence-corrected chi connectivity index (χ0v) is 15.1. The van der Waals surface area contributed by atoms with Gasteiger partial charge in [-0.3, -0.25) is 0 Å². The van der Waals surface area contributed by atoms with Gasteiger partial charge in [0.15, 0.2) is 33.1 Å². The van der Waals surface area contributed by atoms with Gasteiger partial charge < -0.3 is 4.13 Å². The average molecular weight is 529 g/mol. The molecule has 0 atom stereocenters. The van der Waals surface area contributed by atoms with Crippen molar-refractivity contribution in [1.29, 1.82) is 0 Å². The normalized spacial score (nSPS) is 13.8. The zero-order valence-electron chi connectivity index (χ0n) is 13.5. The van der Waals surface area contributed by atoms with Gasteiger partial charge in [0.25, 0.3) is 0 Å². The van der Waals surface area contributed by atoms with E-state index in [0.717, 1.165) is 22.8 Å². The summed E-state index contributed by atoms with van der Waals surface area (Å²) in [6, 6.07) is 0. The summed E-state index contributed by atoms with van der Waals surface area (Å²) in [6.07, 6.45) is -6.22. The highest BCUT2D eigenvalue weighted by Gasteiger charge is 2.47. The molecule has 0 aliphatic heterocycles. The molecule has 0 N–H and O–H groups in total. The second kappa shape index (κ2) is 9.79. The quantitative estimate of drug-likeness (QED) is 0.441. The van der Waals surface area contributed by atoms with Crippen molar-refractivity contribution < 1.29 is 74.1 Å². The second-order valence-electron chi connectivity index (χ2n) is 4.90. The first kappa shape index (κ1) is 31.4. The Labute approximate surface area is 166 Å². The van der Waals surface area contributed by atoms with Crippen LogP contribution in [0.3, 0.4) is 0 Å². The van der Waals surface area contributed by atoms with Crippen molar-refractivity contribution in [3.63, 3.8) is 0 Å². The third-order valence-electron chi connectivity index (χ3n) is 2.25.